The maximum atomic E-state index is 12.6. The summed E-state index contributed by atoms with van der Waals surface area (Å²) in [6.45, 7) is 4.37. The van der Waals surface area contributed by atoms with Crippen LogP contribution in [0.4, 0.5) is 10.5 Å². The maximum absolute atomic E-state index is 12.6. The third-order valence-electron chi connectivity index (χ3n) is 8.37. The standard InChI is InChI=1S/C26H34N4O3/c1-16-6-7-23-24(30(16)26(31)32-2)9-8-22(25(23)33-21-4-3-5-21)19-14-28-29(15-19)20-10-17-12-27-13-18(17)11-20/h8-9,14-18,20-21,27H,3-7,10-13H2,1-2H3/t16-,17?,18?,20?/m0/s1. The fourth-order valence-corrected chi connectivity index (χ4v) is 6.23. The van der Waals surface area contributed by atoms with Gasteiger partial charge in [-0.1, -0.05) is 0 Å². The van der Waals surface area contributed by atoms with Crippen LogP contribution in [0.1, 0.15) is 57.1 Å². The van der Waals surface area contributed by atoms with Crippen LogP contribution in [0.25, 0.3) is 11.1 Å². The van der Waals surface area contributed by atoms with Gasteiger partial charge in [0.05, 0.1) is 31.1 Å². The van der Waals surface area contributed by atoms with Crippen LogP contribution in [-0.4, -0.2) is 48.2 Å². The molecule has 1 aromatic carbocycles. The molecule has 4 aliphatic rings. The second-order valence-corrected chi connectivity index (χ2v) is 10.4. The zero-order valence-electron chi connectivity index (χ0n) is 19.6. The molecule has 1 amide bonds. The second-order valence-electron chi connectivity index (χ2n) is 10.4. The first-order valence-corrected chi connectivity index (χ1v) is 12.6. The smallest absolute Gasteiger partial charge is 0.414 e. The zero-order chi connectivity index (χ0) is 22.5. The summed E-state index contributed by atoms with van der Waals surface area (Å²) in [6.07, 6.45) is 11.8. The van der Waals surface area contributed by atoms with Crippen molar-refractivity contribution in [1.82, 2.24) is 15.1 Å². The molecule has 0 spiro atoms. The molecule has 1 N–H and O–H groups in total. The van der Waals surface area contributed by atoms with Crippen LogP contribution >= 0.6 is 0 Å². The van der Waals surface area contributed by atoms with Crippen LogP contribution in [-0.2, 0) is 11.2 Å². The maximum Gasteiger partial charge on any atom is 0.414 e. The van der Waals surface area contributed by atoms with Crippen LogP contribution in [0, 0.1) is 11.8 Å². The third kappa shape index (κ3) is 3.61. The highest BCUT2D eigenvalue weighted by Gasteiger charge is 2.39. The van der Waals surface area contributed by atoms with E-state index in [1.165, 1.54) is 26.4 Å². The van der Waals surface area contributed by atoms with Gasteiger partial charge in [-0.25, -0.2) is 4.79 Å². The number of nitrogens with zero attached hydrogens (tertiary/aromatic N) is 3. The highest BCUT2D eigenvalue weighted by Crippen LogP contribution is 2.46. The molecular formula is C26H34N4O3. The van der Waals surface area contributed by atoms with Crippen molar-refractivity contribution in [2.75, 3.05) is 25.1 Å². The predicted octanol–water partition coefficient (Wildman–Crippen LogP) is 4.56. The normalized spacial score (nSPS) is 28.8. The molecule has 2 saturated carbocycles. The molecule has 6 rings (SSSR count). The largest absolute Gasteiger partial charge is 0.489 e. The quantitative estimate of drug-likeness (QED) is 0.740. The Morgan fingerprint density at radius 3 is 2.64 bits per heavy atom. The molecule has 7 nitrogen and oxygen atoms in total. The zero-order valence-corrected chi connectivity index (χ0v) is 19.6. The van der Waals surface area contributed by atoms with Crippen molar-refractivity contribution in [3.8, 4) is 16.9 Å². The minimum Gasteiger partial charge on any atom is -0.489 e. The van der Waals surface area contributed by atoms with E-state index in [1.54, 1.807) is 4.90 Å². The van der Waals surface area contributed by atoms with E-state index in [1.807, 2.05) is 6.20 Å². The Bertz CT molecular complexity index is 1030. The lowest BCUT2D eigenvalue weighted by molar-refractivity contribution is 0.119. The highest BCUT2D eigenvalue weighted by molar-refractivity contribution is 5.92. The molecular weight excluding hydrogens is 416 g/mol. The van der Waals surface area contributed by atoms with Crippen molar-refractivity contribution in [3.05, 3.63) is 30.1 Å². The van der Waals surface area contributed by atoms with E-state index in [-0.39, 0.29) is 18.2 Å². The summed E-state index contributed by atoms with van der Waals surface area (Å²) < 4.78 is 13.9. The van der Waals surface area contributed by atoms with Gasteiger partial charge in [0.25, 0.3) is 0 Å². The molecule has 2 aromatic rings. The van der Waals surface area contributed by atoms with Crippen molar-refractivity contribution in [1.29, 1.82) is 0 Å². The summed E-state index contributed by atoms with van der Waals surface area (Å²) in [5, 5.41) is 8.32. The van der Waals surface area contributed by atoms with E-state index in [0.717, 1.165) is 78.7 Å². The van der Waals surface area contributed by atoms with E-state index < -0.39 is 0 Å². The highest BCUT2D eigenvalue weighted by atomic mass is 16.5. The number of methoxy groups -OCH3 is 1. The number of carbonyl (C=O) groups is 1. The van der Waals surface area contributed by atoms with E-state index >= 15 is 0 Å². The van der Waals surface area contributed by atoms with Crippen molar-refractivity contribution < 1.29 is 14.3 Å². The van der Waals surface area contributed by atoms with E-state index in [4.69, 9.17) is 14.6 Å². The van der Waals surface area contributed by atoms with Gasteiger partial charge in [0.1, 0.15) is 5.75 Å². The number of fused-ring (bicyclic) bond motifs is 2. The number of hydrogen-bond acceptors (Lipinski definition) is 5. The van der Waals surface area contributed by atoms with Crippen molar-refractivity contribution in [2.24, 2.45) is 11.8 Å². The predicted molar refractivity (Wildman–Crippen MR) is 127 cm³/mol. The van der Waals surface area contributed by atoms with Gasteiger partial charge in [0.15, 0.2) is 0 Å². The number of aromatic nitrogens is 2. The number of ether oxygens (including phenoxy) is 2. The molecule has 2 aliphatic heterocycles. The summed E-state index contributed by atoms with van der Waals surface area (Å²) in [5.74, 6) is 2.51. The fourth-order valence-electron chi connectivity index (χ4n) is 6.23. The topological polar surface area (TPSA) is 68.6 Å². The molecule has 0 radical (unpaired) electrons. The Morgan fingerprint density at radius 1 is 1.15 bits per heavy atom. The molecule has 3 heterocycles. The molecule has 1 aromatic heterocycles. The van der Waals surface area contributed by atoms with Gasteiger partial charge < -0.3 is 14.8 Å². The first kappa shape index (κ1) is 21.0. The number of carbonyl (C=O) groups excluding carboxylic acids is 1. The molecule has 176 valence electrons. The Kier molecular flexibility index (Phi) is 5.32. The van der Waals surface area contributed by atoms with Gasteiger partial charge in [0.2, 0.25) is 0 Å². The van der Waals surface area contributed by atoms with E-state index in [9.17, 15) is 4.79 Å². The molecule has 0 bridgehead atoms. The monoisotopic (exact) mass is 450 g/mol. The van der Waals surface area contributed by atoms with Crippen molar-refractivity contribution >= 4 is 11.8 Å². The first-order valence-electron chi connectivity index (χ1n) is 12.6. The van der Waals surface area contributed by atoms with Gasteiger partial charge in [-0.05, 0) is 88.9 Å². The average molecular weight is 451 g/mol. The average Bonchev–Trinajstić information content (AvgIpc) is 3.51. The van der Waals surface area contributed by atoms with Crippen LogP contribution < -0.4 is 15.0 Å². The second kappa shape index (κ2) is 8.35. The molecule has 1 saturated heterocycles. The summed E-state index contributed by atoms with van der Waals surface area (Å²) in [6, 6.07) is 4.76. The van der Waals surface area contributed by atoms with Gasteiger partial charge in [-0.3, -0.25) is 9.58 Å². The van der Waals surface area contributed by atoms with Crippen LogP contribution in [0.15, 0.2) is 24.5 Å². The fraction of sp³-hybridized carbons (Fsp3) is 0.615. The number of benzene rings is 1. The summed E-state index contributed by atoms with van der Waals surface area (Å²) in [5.41, 5.74) is 4.23. The van der Waals surface area contributed by atoms with Crippen LogP contribution in [0.2, 0.25) is 0 Å². The van der Waals surface area contributed by atoms with E-state index in [0.29, 0.717) is 6.04 Å². The van der Waals surface area contributed by atoms with Crippen LogP contribution in [0.5, 0.6) is 5.75 Å². The third-order valence-corrected chi connectivity index (χ3v) is 8.37. The summed E-state index contributed by atoms with van der Waals surface area (Å²) >= 11 is 0. The number of amides is 1. The molecule has 3 fully saturated rings. The summed E-state index contributed by atoms with van der Waals surface area (Å²) in [7, 11) is 1.45. The number of anilines is 1. The Morgan fingerprint density at radius 2 is 1.94 bits per heavy atom. The van der Waals surface area contributed by atoms with Crippen LogP contribution in [0.3, 0.4) is 0 Å². The van der Waals surface area contributed by atoms with Gasteiger partial charge in [0, 0.05) is 28.9 Å². The molecule has 2 aliphatic carbocycles. The lowest BCUT2D eigenvalue weighted by Crippen LogP contribution is -2.42. The van der Waals surface area contributed by atoms with Crippen molar-refractivity contribution in [2.45, 2.75) is 70.1 Å². The number of nitrogens with one attached hydrogen (secondary N) is 1. The lowest BCUT2D eigenvalue weighted by Gasteiger charge is -2.37. The van der Waals surface area contributed by atoms with E-state index in [2.05, 4.69) is 35.3 Å². The summed E-state index contributed by atoms with van der Waals surface area (Å²) in [4.78, 5) is 14.4. The molecule has 2 unspecified atom stereocenters. The Labute approximate surface area is 195 Å². The minimum absolute atomic E-state index is 0.103. The van der Waals surface area contributed by atoms with Gasteiger partial charge in [-0.15, -0.1) is 0 Å². The lowest BCUT2D eigenvalue weighted by atomic mass is 9.91. The molecule has 33 heavy (non-hydrogen) atoms. The SMILES string of the molecule is COC(=O)N1c2ccc(-c3cnn(C4CC5CNCC5C4)c3)c(OC3CCC3)c2CC[C@@H]1C. The molecule has 7 heteroatoms. The number of rotatable bonds is 4. The minimum atomic E-state index is -0.306. The van der Waals surface area contributed by atoms with Gasteiger partial charge >= 0.3 is 6.09 Å². The van der Waals surface area contributed by atoms with Gasteiger partial charge in [-0.2, -0.15) is 5.10 Å². The molecule has 3 atom stereocenters. The van der Waals surface area contributed by atoms with Crippen molar-refractivity contribution in [3.63, 3.8) is 0 Å². The Hall–Kier alpha value is -2.54. The number of hydrogen-bond donors (Lipinski definition) is 1. The Balaban J connectivity index is 1.36. The first-order chi connectivity index (χ1) is 16.1.